The quantitative estimate of drug-likeness (QED) is 0.0130. The third-order valence-corrected chi connectivity index (χ3v) is 17.8. The summed E-state index contributed by atoms with van der Waals surface area (Å²) in [6.45, 7) is 7.89. The number of hydrogen-bond acceptors (Lipinski definition) is 15. The molecule has 0 heterocycles. The van der Waals surface area contributed by atoms with Crippen molar-refractivity contribution < 1.29 is 62.2 Å². The van der Waals surface area contributed by atoms with Crippen LogP contribution < -0.4 is 32.7 Å². The van der Waals surface area contributed by atoms with Gasteiger partial charge >= 0.3 is 12.2 Å². The summed E-state index contributed by atoms with van der Waals surface area (Å²) >= 11 is 0. The third-order valence-electron chi connectivity index (χ3n) is 17.8. The molecule has 532 valence electrons. The number of nitrogens with two attached hydrogens (primary N) is 2. The summed E-state index contributed by atoms with van der Waals surface area (Å²) in [5.74, 6) is -4.72. The zero-order valence-electron chi connectivity index (χ0n) is 58.1. The minimum Gasteiger partial charge on any atom is -0.445 e. The normalized spacial score (nSPS) is 16.1. The fourth-order valence-corrected chi connectivity index (χ4v) is 12.8. The van der Waals surface area contributed by atoms with E-state index < -0.39 is 71.8 Å². The van der Waals surface area contributed by atoms with Gasteiger partial charge in [-0.2, -0.15) is 10.5 Å². The summed E-state index contributed by atoms with van der Waals surface area (Å²) in [6.07, 6.45) is 7.47. The summed E-state index contributed by atoms with van der Waals surface area (Å²) in [6, 6.07) is 45.5. The van der Waals surface area contributed by atoms with Gasteiger partial charge in [0.2, 0.25) is 17.7 Å². The van der Waals surface area contributed by atoms with E-state index in [2.05, 4.69) is 27.0 Å². The Hall–Kier alpha value is -10.7. The lowest BCUT2D eigenvalue weighted by Gasteiger charge is -2.27. The first-order valence-electron chi connectivity index (χ1n) is 34.7. The van der Waals surface area contributed by atoms with Crippen LogP contribution in [0.3, 0.4) is 0 Å². The van der Waals surface area contributed by atoms with E-state index in [1.165, 1.54) is 6.08 Å². The molecule has 0 unspecified atom stereocenters. The summed E-state index contributed by atoms with van der Waals surface area (Å²) in [5.41, 5.74) is 13.0. The predicted molar refractivity (Wildman–Crippen MR) is 383 cm³/mol. The van der Waals surface area contributed by atoms with E-state index in [1.54, 1.807) is 12.1 Å². The number of nitrogens with zero attached hydrogens (tertiary/aromatic N) is 2. The number of ketones is 4. The topological polar surface area (TPSA) is 354 Å². The summed E-state index contributed by atoms with van der Waals surface area (Å²) in [4.78, 5) is 140. The number of nitrogens with one attached hydrogen (secondary N) is 4. The molecule has 0 aromatic heterocycles. The van der Waals surface area contributed by atoms with Crippen molar-refractivity contribution in [3.63, 3.8) is 0 Å². The van der Waals surface area contributed by atoms with Gasteiger partial charge in [0.25, 0.3) is 5.91 Å². The second-order valence-electron chi connectivity index (χ2n) is 26.7. The van der Waals surface area contributed by atoms with Crippen molar-refractivity contribution in [3.05, 3.63) is 179 Å². The van der Waals surface area contributed by atoms with Crippen LogP contribution in [0.25, 0.3) is 21.5 Å². The van der Waals surface area contributed by atoms with Gasteiger partial charge in [-0.25, -0.2) is 9.59 Å². The molecule has 0 aliphatic heterocycles. The van der Waals surface area contributed by atoms with E-state index >= 15 is 0 Å². The number of alkyl carbamates (subject to hydrolysis) is 2. The molecule has 2 aliphatic rings. The largest absolute Gasteiger partial charge is 0.445 e. The Bertz CT molecular complexity index is 3930. The Morgan fingerprint density at radius 3 is 1.32 bits per heavy atom. The number of aldehydes is 1. The average Bonchev–Trinajstić information content (AvgIpc) is 0.840. The van der Waals surface area contributed by atoms with E-state index in [1.807, 2.05) is 173 Å². The van der Waals surface area contributed by atoms with Crippen LogP contribution in [0.2, 0.25) is 0 Å². The van der Waals surface area contributed by atoms with Gasteiger partial charge in [0.15, 0.2) is 11.6 Å². The Morgan fingerprint density at radius 2 is 0.941 bits per heavy atom. The van der Waals surface area contributed by atoms with Crippen LogP contribution in [0.4, 0.5) is 9.59 Å². The highest BCUT2D eigenvalue weighted by molar-refractivity contribution is 5.97. The summed E-state index contributed by atoms with van der Waals surface area (Å²) < 4.78 is 10.9. The molecule has 2 fully saturated rings. The van der Waals surface area contributed by atoms with Gasteiger partial charge in [-0.15, -0.1) is 0 Å². The lowest BCUT2D eigenvalue weighted by atomic mass is 9.83. The highest BCUT2D eigenvalue weighted by Gasteiger charge is 2.35. The first-order valence-corrected chi connectivity index (χ1v) is 34.7. The molecular weight excluding hydrogens is 1280 g/mol. The smallest absolute Gasteiger partial charge is 0.408 e. The van der Waals surface area contributed by atoms with Gasteiger partial charge in [0.1, 0.15) is 49.1 Å². The first kappa shape index (κ1) is 79.3. The van der Waals surface area contributed by atoms with Gasteiger partial charge in [-0.1, -0.05) is 186 Å². The molecule has 8 rings (SSSR count). The lowest BCUT2D eigenvalue weighted by Crippen LogP contribution is -2.46. The minimum absolute atomic E-state index is 0.0224. The molecule has 6 aromatic rings. The van der Waals surface area contributed by atoms with Gasteiger partial charge in [0.05, 0.1) is 24.2 Å². The van der Waals surface area contributed by atoms with Gasteiger partial charge < -0.3 is 47.0 Å². The summed E-state index contributed by atoms with van der Waals surface area (Å²) in [5, 5.41) is 32.4. The molecule has 8 N–H and O–H groups in total. The van der Waals surface area contributed by atoms with Crippen molar-refractivity contribution in [2.75, 3.05) is 0 Å². The number of benzene rings is 6. The number of fused-ring (bicyclic) bond motifs is 2. The maximum Gasteiger partial charge on any atom is 0.408 e. The number of carbonyl (C=O) groups excluding carboxylic acids is 11. The Labute approximate surface area is 590 Å². The van der Waals surface area contributed by atoms with Crippen LogP contribution in [0.15, 0.2) is 157 Å². The second-order valence-corrected chi connectivity index (χ2v) is 26.7. The Balaban J connectivity index is 0.000000295. The SMILES string of the molecule is CC(C)C[C@H](CC(=O)[C@H](Cc1cccc2ccccc12)NC(=O)OCc1ccccc1)C(=O)N[C@H](/C=C(\C#N)C(N)=O)C[C@@H]1CCCCC1=O.CC(C)C[C@H](CC(=O)[C@H](Cc1cccc2ccccc12)NC(=O)OCc1ccccc1)C(=O)N[C@H](C=O)C[C@@H]1CCCCC1=O.N#CCC(N)=O. The van der Waals surface area contributed by atoms with Gasteiger partial charge in [-0.05, 0) is 113 Å². The van der Waals surface area contributed by atoms with Crippen molar-refractivity contribution in [3.8, 4) is 12.1 Å². The highest BCUT2D eigenvalue weighted by atomic mass is 16.6. The molecule has 21 heteroatoms. The fraction of sp³-hybridized carbons (Fsp3) is 0.412. The maximum atomic E-state index is 14.1. The van der Waals surface area contributed by atoms with Crippen LogP contribution >= 0.6 is 0 Å². The van der Waals surface area contributed by atoms with Gasteiger partial charge in [-0.3, -0.25) is 38.4 Å². The van der Waals surface area contributed by atoms with Crippen molar-refractivity contribution in [2.24, 2.45) is 47.0 Å². The predicted octanol–water partition coefficient (Wildman–Crippen LogP) is 11.4. The number of ether oxygens (including phenoxy) is 2. The van der Waals surface area contributed by atoms with Crippen LogP contribution in [-0.4, -0.2) is 89.4 Å². The molecule has 2 saturated carbocycles. The number of hydrogen-bond donors (Lipinski definition) is 6. The molecule has 8 atom stereocenters. The van der Waals surface area contributed by atoms with Crippen LogP contribution in [-0.2, 0) is 78.7 Å². The molecule has 21 nitrogen and oxygen atoms in total. The monoisotopic (exact) mass is 1370 g/mol. The summed E-state index contributed by atoms with van der Waals surface area (Å²) in [7, 11) is 0. The van der Waals surface area contributed by atoms with E-state index in [0.717, 1.165) is 75.9 Å². The van der Waals surface area contributed by atoms with E-state index in [0.29, 0.717) is 38.4 Å². The third kappa shape index (κ3) is 27.2. The number of rotatable bonds is 32. The molecular formula is C80H94N8O13. The van der Waals surface area contributed by atoms with Crippen LogP contribution in [0.1, 0.15) is 146 Å². The first-order chi connectivity index (χ1) is 48.5. The standard InChI is InChI=1S/C40H46N4O6.C37H44N2O6.C3H4N2O/c1-26(2)19-31(39(48)43-33(21-32(24-41)38(42)47)20-30-14-7-9-18-36(30)45)23-37(46)35(44-40(49)50-25-27-11-4-3-5-12-27)22-29-16-10-15-28-13-6-8-17-34(28)29;1-25(2)19-30(36(43)38-31(23-40)20-29-14-7-9-18-34(29)41)22-35(42)33(39-37(44)45-24-26-11-4-3-5-12-26)21-28-16-10-15-27-13-6-8-17-32(27)28;4-2-1-3(5)6/h3-6,8,10-13,15-17,21,26,30-31,33,35H,7,9,14,18-20,22-23,25H2,1-2H3,(H2,42,47)(H,43,48)(H,44,49);3-6,8,10-13,15-17,23,25,29-31,33H,7,9,14,18-22,24H2,1-2H3,(H,38,43)(H,39,44);1H2,(H2,5,6)/b32-21+;;/t30-,31+,33-,35-;29-,30+,31-,33-;/m00./s1. The van der Waals surface area contributed by atoms with E-state index in [-0.39, 0.29) is 111 Å². The molecule has 2 aliphatic carbocycles. The molecule has 0 saturated heterocycles. The van der Waals surface area contributed by atoms with Crippen LogP contribution in [0.5, 0.6) is 0 Å². The highest BCUT2D eigenvalue weighted by Crippen LogP contribution is 2.29. The Morgan fingerprint density at radius 1 is 0.535 bits per heavy atom. The number of nitriles is 2. The molecule has 0 spiro atoms. The number of carbonyl (C=O) groups is 11. The van der Waals surface area contributed by atoms with Crippen molar-refractivity contribution in [1.29, 1.82) is 10.5 Å². The number of Topliss-reactive ketones (excluding diaryl/α,β-unsaturated/α-hetero) is 4. The zero-order valence-corrected chi connectivity index (χ0v) is 58.1. The number of primary amides is 2. The van der Waals surface area contributed by atoms with Crippen molar-refractivity contribution >= 4 is 86.8 Å². The zero-order chi connectivity index (χ0) is 73.2. The molecule has 6 amide bonds. The second kappa shape index (κ2) is 41.7. The lowest BCUT2D eigenvalue weighted by molar-refractivity contribution is -0.132. The molecule has 0 bridgehead atoms. The van der Waals surface area contributed by atoms with E-state index in [9.17, 15) is 58.0 Å². The molecule has 101 heavy (non-hydrogen) atoms. The van der Waals surface area contributed by atoms with Crippen molar-refractivity contribution in [1.82, 2.24) is 21.3 Å². The maximum absolute atomic E-state index is 14.1. The van der Waals surface area contributed by atoms with E-state index in [4.69, 9.17) is 20.5 Å². The Kier molecular flexibility index (Phi) is 32.7. The molecule has 6 aromatic carbocycles. The van der Waals surface area contributed by atoms with Gasteiger partial charge in [0, 0.05) is 68.2 Å². The van der Waals surface area contributed by atoms with Crippen LogP contribution in [0, 0.1) is 58.2 Å². The minimum atomic E-state index is -0.998. The van der Waals surface area contributed by atoms with Crippen molar-refractivity contribution in [2.45, 2.75) is 174 Å². The molecule has 0 radical (unpaired) electrons. The average molecular weight is 1380 g/mol. The number of amides is 6. The fourth-order valence-electron chi connectivity index (χ4n) is 12.8.